The van der Waals surface area contributed by atoms with E-state index >= 15 is 0 Å². The van der Waals surface area contributed by atoms with E-state index in [-0.39, 0.29) is 0 Å². The first-order chi connectivity index (χ1) is 9.22. The van der Waals surface area contributed by atoms with Gasteiger partial charge in [0.05, 0.1) is 0 Å². The van der Waals surface area contributed by atoms with Crippen LogP contribution in [-0.4, -0.2) is 27.5 Å². The van der Waals surface area contributed by atoms with Gasteiger partial charge < -0.3 is 5.32 Å². The number of nitrogens with zero attached hydrogens (tertiary/aromatic N) is 2. The molecule has 0 spiro atoms. The Labute approximate surface area is 120 Å². The molecular formula is C15H23N3S. The van der Waals surface area contributed by atoms with Crippen LogP contribution in [0.4, 0.5) is 5.82 Å². The molecule has 0 amide bonds. The highest BCUT2D eigenvalue weighted by Crippen LogP contribution is 2.43. The van der Waals surface area contributed by atoms with Crippen LogP contribution < -0.4 is 5.32 Å². The fraction of sp³-hybridized carbons (Fsp3) is 0.733. The van der Waals surface area contributed by atoms with Gasteiger partial charge in [0.2, 0.25) is 0 Å². The van der Waals surface area contributed by atoms with E-state index < -0.39 is 0 Å². The fourth-order valence-corrected chi connectivity index (χ4v) is 4.05. The van der Waals surface area contributed by atoms with E-state index in [4.69, 9.17) is 0 Å². The van der Waals surface area contributed by atoms with Crippen LogP contribution in [0.15, 0.2) is 0 Å². The molecule has 19 heavy (non-hydrogen) atoms. The minimum absolute atomic E-state index is 0.459. The normalized spacial score (nSPS) is 20.5. The predicted molar refractivity (Wildman–Crippen MR) is 82.0 cm³/mol. The summed E-state index contributed by atoms with van der Waals surface area (Å²) < 4.78 is 0.459. The molecule has 0 aromatic carbocycles. The van der Waals surface area contributed by atoms with Gasteiger partial charge in [0.15, 0.2) is 0 Å². The van der Waals surface area contributed by atoms with E-state index in [1.165, 1.54) is 43.4 Å². The second kappa shape index (κ2) is 5.31. The molecule has 2 aliphatic carbocycles. The summed E-state index contributed by atoms with van der Waals surface area (Å²) in [5, 5.41) is 3.64. The van der Waals surface area contributed by atoms with Gasteiger partial charge in [-0.25, -0.2) is 9.97 Å². The number of anilines is 1. The standard InChI is InChI=1S/C15H23N3S/c1-11-17-13-7-4-3-6-12(13)14(18-11)16-10-15(19-2)8-5-9-15/h3-10H2,1-2H3,(H,16,17,18). The number of aryl methyl sites for hydroxylation is 2. The predicted octanol–water partition coefficient (Wildman–Crippen LogP) is 3.36. The maximum absolute atomic E-state index is 4.65. The van der Waals surface area contributed by atoms with Crippen molar-refractivity contribution in [2.75, 3.05) is 18.1 Å². The Balaban J connectivity index is 1.78. The lowest BCUT2D eigenvalue weighted by Crippen LogP contribution is -2.40. The summed E-state index contributed by atoms with van der Waals surface area (Å²) in [5.41, 5.74) is 2.67. The van der Waals surface area contributed by atoms with E-state index in [1.807, 2.05) is 18.7 Å². The Hall–Kier alpha value is -0.770. The van der Waals surface area contributed by atoms with Crippen molar-refractivity contribution in [3.8, 4) is 0 Å². The van der Waals surface area contributed by atoms with Crippen molar-refractivity contribution in [2.45, 2.75) is 56.6 Å². The number of hydrogen-bond donors (Lipinski definition) is 1. The molecular weight excluding hydrogens is 254 g/mol. The first-order valence-electron chi connectivity index (χ1n) is 7.38. The molecule has 0 atom stereocenters. The molecule has 0 saturated heterocycles. The Bertz CT molecular complexity index is 463. The van der Waals surface area contributed by atoms with Crippen molar-refractivity contribution in [3.05, 3.63) is 17.1 Å². The van der Waals surface area contributed by atoms with Gasteiger partial charge in [0.25, 0.3) is 0 Å². The molecule has 0 unspecified atom stereocenters. The molecule has 1 aromatic heterocycles. The largest absolute Gasteiger partial charge is 0.368 e. The van der Waals surface area contributed by atoms with Gasteiger partial charge in [0, 0.05) is 22.5 Å². The fourth-order valence-electron chi connectivity index (χ4n) is 3.13. The van der Waals surface area contributed by atoms with Crippen LogP contribution in [0, 0.1) is 6.92 Å². The quantitative estimate of drug-likeness (QED) is 0.916. The molecule has 3 rings (SSSR count). The van der Waals surface area contributed by atoms with Crippen LogP contribution in [0.2, 0.25) is 0 Å². The highest BCUT2D eigenvalue weighted by atomic mass is 32.2. The van der Waals surface area contributed by atoms with E-state index in [0.717, 1.165) is 31.0 Å². The molecule has 3 nitrogen and oxygen atoms in total. The second-order valence-electron chi connectivity index (χ2n) is 5.85. The van der Waals surface area contributed by atoms with Gasteiger partial charge in [0.1, 0.15) is 11.6 Å². The smallest absolute Gasteiger partial charge is 0.133 e. The maximum Gasteiger partial charge on any atom is 0.133 e. The number of rotatable bonds is 4. The zero-order chi connectivity index (χ0) is 13.3. The third-order valence-corrected chi connectivity index (χ3v) is 5.99. The van der Waals surface area contributed by atoms with Crippen molar-refractivity contribution in [1.82, 2.24) is 9.97 Å². The average molecular weight is 277 g/mol. The van der Waals surface area contributed by atoms with Crippen LogP contribution in [0.3, 0.4) is 0 Å². The number of nitrogens with one attached hydrogen (secondary N) is 1. The van der Waals surface area contributed by atoms with Crippen molar-refractivity contribution in [2.24, 2.45) is 0 Å². The Morgan fingerprint density at radius 2 is 1.95 bits per heavy atom. The molecule has 4 heteroatoms. The van der Waals surface area contributed by atoms with Crippen LogP contribution in [0.25, 0.3) is 0 Å². The summed E-state index contributed by atoms with van der Waals surface area (Å²) in [4.78, 5) is 9.27. The lowest BCUT2D eigenvalue weighted by molar-refractivity contribution is 0.379. The summed E-state index contributed by atoms with van der Waals surface area (Å²) in [7, 11) is 0. The summed E-state index contributed by atoms with van der Waals surface area (Å²) >= 11 is 2.01. The van der Waals surface area contributed by atoms with Crippen LogP contribution >= 0.6 is 11.8 Å². The topological polar surface area (TPSA) is 37.8 Å². The number of hydrogen-bond acceptors (Lipinski definition) is 4. The van der Waals surface area contributed by atoms with Crippen molar-refractivity contribution < 1.29 is 0 Å². The highest BCUT2D eigenvalue weighted by Gasteiger charge is 2.36. The summed E-state index contributed by atoms with van der Waals surface area (Å²) in [6.45, 7) is 3.06. The van der Waals surface area contributed by atoms with Crippen molar-refractivity contribution in [1.29, 1.82) is 0 Å². The molecule has 1 heterocycles. The minimum Gasteiger partial charge on any atom is -0.368 e. The van der Waals surface area contributed by atoms with E-state index in [2.05, 4.69) is 21.5 Å². The number of thioether (sulfide) groups is 1. The Kier molecular flexibility index (Phi) is 3.70. The van der Waals surface area contributed by atoms with Crippen molar-refractivity contribution in [3.63, 3.8) is 0 Å². The summed E-state index contributed by atoms with van der Waals surface area (Å²) in [6, 6.07) is 0. The summed E-state index contributed by atoms with van der Waals surface area (Å²) in [6.07, 6.45) is 11.1. The number of aromatic nitrogens is 2. The number of fused-ring (bicyclic) bond motifs is 1. The van der Waals surface area contributed by atoms with E-state index in [1.54, 1.807) is 0 Å². The molecule has 2 aliphatic rings. The Morgan fingerprint density at radius 3 is 2.63 bits per heavy atom. The first kappa shape index (κ1) is 13.2. The SMILES string of the molecule is CSC1(CNc2nc(C)nc3c2CCCC3)CCC1. The minimum atomic E-state index is 0.459. The van der Waals surface area contributed by atoms with Gasteiger partial charge in [-0.05, 0) is 51.7 Å². The monoisotopic (exact) mass is 277 g/mol. The van der Waals surface area contributed by atoms with Gasteiger partial charge in [-0.2, -0.15) is 11.8 Å². The van der Waals surface area contributed by atoms with E-state index in [0.29, 0.717) is 4.75 Å². The molecule has 1 aromatic rings. The Morgan fingerprint density at radius 1 is 1.16 bits per heavy atom. The highest BCUT2D eigenvalue weighted by molar-refractivity contribution is 8.00. The molecule has 1 N–H and O–H groups in total. The van der Waals surface area contributed by atoms with E-state index in [9.17, 15) is 0 Å². The maximum atomic E-state index is 4.65. The molecule has 0 bridgehead atoms. The van der Waals surface area contributed by atoms with Crippen LogP contribution in [0.1, 0.15) is 49.2 Å². The third kappa shape index (κ3) is 2.60. The van der Waals surface area contributed by atoms with Gasteiger partial charge in [-0.1, -0.05) is 6.42 Å². The average Bonchev–Trinajstić information content (AvgIpc) is 2.37. The van der Waals surface area contributed by atoms with Gasteiger partial charge in [-0.15, -0.1) is 0 Å². The first-order valence-corrected chi connectivity index (χ1v) is 8.60. The van der Waals surface area contributed by atoms with Crippen LogP contribution in [-0.2, 0) is 12.8 Å². The zero-order valence-electron chi connectivity index (χ0n) is 12.0. The third-order valence-electron chi connectivity index (χ3n) is 4.57. The molecule has 0 radical (unpaired) electrons. The molecule has 1 saturated carbocycles. The summed E-state index contributed by atoms with van der Waals surface area (Å²) in [5.74, 6) is 2.03. The molecule has 1 fully saturated rings. The van der Waals surface area contributed by atoms with Crippen LogP contribution in [0.5, 0.6) is 0 Å². The van der Waals surface area contributed by atoms with Gasteiger partial charge in [-0.3, -0.25) is 0 Å². The van der Waals surface area contributed by atoms with Crippen molar-refractivity contribution >= 4 is 17.6 Å². The molecule has 0 aliphatic heterocycles. The van der Waals surface area contributed by atoms with Gasteiger partial charge >= 0.3 is 0 Å². The molecule has 104 valence electrons. The second-order valence-corrected chi connectivity index (χ2v) is 7.12. The lowest BCUT2D eigenvalue weighted by Gasteiger charge is -2.40. The zero-order valence-corrected chi connectivity index (χ0v) is 12.8. The lowest BCUT2D eigenvalue weighted by atomic mass is 9.84.